The van der Waals surface area contributed by atoms with Crippen molar-refractivity contribution in [1.82, 2.24) is 9.97 Å². The summed E-state index contributed by atoms with van der Waals surface area (Å²) in [4.78, 5) is 20.1. The number of aryl methyl sites for hydroxylation is 1. The van der Waals surface area contributed by atoms with Gasteiger partial charge in [-0.2, -0.15) is 11.8 Å². The van der Waals surface area contributed by atoms with Crippen molar-refractivity contribution in [2.75, 3.05) is 6.26 Å². The summed E-state index contributed by atoms with van der Waals surface area (Å²) in [5, 5.41) is 10.2. The largest absolute Gasteiger partial charge is 0.478 e. The molecule has 20 heavy (non-hydrogen) atoms. The second-order valence-corrected chi connectivity index (χ2v) is 5.27. The molecule has 1 aromatic carbocycles. The Kier molecular flexibility index (Phi) is 4.39. The normalized spacial score (nSPS) is 11.8. The maximum absolute atomic E-state index is 11.3. The highest BCUT2D eigenvalue weighted by Crippen LogP contribution is 2.26. The second kappa shape index (κ2) is 6.05. The molecule has 0 bridgehead atoms. The molecule has 5 heteroatoms. The van der Waals surface area contributed by atoms with Crippen molar-refractivity contribution in [2.45, 2.75) is 19.6 Å². The zero-order valence-electron chi connectivity index (χ0n) is 11.7. The SMILES string of the molecule is C/C=C(/C(=O)O)c1ccc2cnc(CSC)nc2c1C. The maximum atomic E-state index is 11.3. The molecule has 4 nitrogen and oxygen atoms in total. The number of hydrogen-bond acceptors (Lipinski definition) is 4. The van der Waals surface area contributed by atoms with Crippen LogP contribution in [0.3, 0.4) is 0 Å². The van der Waals surface area contributed by atoms with Gasteiger partial charge in [-0.25, -0.2) is 14.8 Å². The fourth-order valence-electron chi connectivity index (χ4n) is 2.16. The number of carbonyl (C=O) groups is 1. The molecular weight excluding hydrogens is 272 g/mol. The van der Waals surface area contributed by atoms with E-state index in [-0.39, 0.29) is 0 Å². The standard InChI is InChI=1S/C15H16N2O2S/c1-4-11(15(18)19)12-6-5-10-7-16-13(8-20-3)17-14(10)9(12)2/h4-7H,8H2,1-3H3,(H,18,19)/b11-4+. The van der Waals surface area contributed by atoms with Gasteiger partial charge in [-0.3, -0.25) is 0 Å². The van der Waals surface area contributed by atoms with Gasteiger partial charge in [0.15, 0.2) is 0 Å². The summed E-state index contributed by atoms with van der Waals surface area (Å²) in [6.45, 7) is 3.63. The summed E-state index contributed by atoms with van der Waals surface area (Å²) in [5.74, 6) is 0.589. The van der Waals surface area contributed by atoms with E-state index >= 15 is 0 Å². The molecule has 0 radical (unpaired) electrons. The Bertz CT molecular complexity index is 696. The minimum absolute atomic E-state index is 0.300. The minimum Gasteiger partial charge on any atom is -0.478 e. The van der Waals surface area contributed by atoms with E-state index in [1.54, 1.807) is 31.0 Å². The summed E-state index contributed by atoms with van der Waals surface area (Å²) < 4.78 is 0. The molecule has 0 spiro atoms. The molecule has 1 N–H and O–H groups in total. The van der Waals surface area contributed by atoms with Crippen LogP contribution in [0.1, 0.15) is 23.9 Å². The Morgan fingerprint density at radius 3 is 2.80 bits per heavy atom. The first kappa shape index (κ1) is 14.5. The molecule has 0 amide bonds. The van der Waals surface area contributed by atoms with Crippen LogP contribution in [0.15, 0.2) is 24.4 Å². The molecule has 1 aromatic heterocycles. The lowest BCUT2D eigenvalue weighted by Crippen LogP contribution is -2.03. The van der Waals surface area contributed by atoms with Gasteiger partial charge >= 0.3 is 5.97 Å². The number of hydrogen-bond donors (Lipinski definition) is 1. The zero-order valence-corrected chi connectivity index (χ0v) is 12.5. The summed E-state index contributed by atoms with van der Waals surface area (Å²) in [6.07, 6.45) is 5.40. The zero-order chi connectivity index (χ0) is 14.7. The molecule has 0 saturated carbocycles. The molecule has 0 aliphatic carbocycles. The van der Waals surface area contributed by atoms with Crippen LogP contribution < -0.4 is 0 Å². The number of carboxylic acid groups (broad SMARTS) is 1. The summed E-state index contributed by atoms with van der Waals surface area (Å²) >= 11 is 1.66. The number of thioether (sulfide) groups is 1. The van der Waals surface area contributed by atoms with Crippen LogP contribution in [0, 0.1) is 6.92 Å². The molecular formula is C15H16N2O2S. The molecule has 0 unspecified atom stereocenters. The molecule has 1 heterocycles. The summed E-state index contributed by atoms with van der Waals surface area (Å²) in [5.41, 5.74) is 2.71. The molecule has 104 valence electrons. The molecule has 0 aliphatic heterocycles. The average molecular weight is 288 g/mol. The molecule has 0 saturated heterocycles. The van der Waals surface area contributed by atoms with Crippen LogP contribution in [-0.2, 0) is 10.5 Å². The van der Waals surface area contributed by atoms with E-state index in [9.17, 15) is 9.90 Å². The lowest BCUT2D eigenvalue weighted by atomic mass is 9.98. The highest BCUT2D eigenvalue weighted by atomic mass is 32.2. The first-order chi connectivity index (χ1) is 9.58. The highest BCUT2D eigenvalue weighted by molar-refractivity contribution is 7.97. The fraction of sp³-hybridized carbons (Fsp3) is 0.267. The summed E-state index contributed by atoms with van der Waals surface area (Å²) in [7, 11) is 0. The summed E-state index contributed by atoms with van der Waals surface area (Å²) in [6, 6.07) is 3.69. The van der Waals surface area contributed by atoms with Crippen LogP contribution in [-0.4, -0.2) is 27.3 Å². The van der Waals surface area contributed by atoms with E-state index in [0.717, 1.165) is 28.0 Å². The van der Waals surface area contributed by atoms with E-state index in [0.29, 0.717) is 11.1 Å². The van der Waals surface area contributed by atoms with Gasteiger partial charge in [0, 0.05) is 11.6 Å². The van der Waals surface area contributed by atoms with Crippen molar-refractivity contribution >= 4 is 34.2 Å². The fourth-order valence-corrected chi connectivity index (χ4v) is 2.56. The third-order valence-electron chi connectivity index (χ3n) is 3.14. The molecule has 2 aromatic rings. The van der Waals surface area contributed by atoms with Crippen LogP contribution in [0.2, 0.25) is 0 Å². The van der Waals surface area contributed by atoms with E-state index in [4.69, 9.17) is 0 Å². The first-order valence-electron chi connectivity index (χ1n) is 6.22. The van der Waals surface area contributed by atoms with Crippen LogP contribution in [0.25, 0.3) is 16.5 Å². The van der Waals surface area contributed by atoms with Crippen molar-refractivity contribution in [3.05, 3.63) is 41.4 Å². The number of carboxylic acids is 1. The van der Waals surface area contributed by atoms with Crippen molar-refractivity contribution < 1.29 is 9.90 Å². The quantitative estimate of drug-likeness (QED) is 0.875. The van der Waals surface area contributed by atoms with Crippen LogP contribution in [0.5, 0.6) is 0 Å². The van der Waals surface area contributed by atoms with Crippen LogP contribution >= 0.6 is 11.8 Å². The number of allylic oxidation sites excluding steroid dienone is 1. The Labute approximate surface area is 121 Å². The topological polar surface area (TPSA) is 63.1 Å². The van der Waals surface area contributed by atoms with E-state index in [1.807, 2.05) is 25.3 Å². The Morgan fingerprint density at radius 2 is 2.20 bits per heavy atom. The van der Waals surface area contributed by atoms with Crippen molar-refractivity contribution in [1.29, 1.82) is 0 Å². The molecule has 0 fully saturated rings. The van der Waals surface area contributed by atoms with Gasteiger partial charge in [-0.05, 0) is 31.2 Å². The third-order valence-corrected chi connectivity index (χ3v) is 3.69. The van der Waals surface area contributed by atoms with E-state index in [2.05, 4.69) is 9.97 Å². The van der Waals surface area contributed by atoms with Gasteiger partial charge in [0.2, 0.25) is 0 Å². The first-order valence-corrected chi connectivity index (χ1v) is 7.62. The van der Waals surface area contributed by atoms with Crippen LogP contribution in [0.4, 0.5) is 0 Å². The number of aromatic nitrogens is 2. The highest BCUT2D eigenvalue weighted by Gasteiger charge is 2.14. The minimum atomic E-state index is -0.923. The van der Waals surface area contributed by atoms with Gasteiger partial charge in [0.05, 0.1) is 16.8 Å². The smallest absolute Gasteiger partial charge is 0.335 e. The number of fused-ring (bicyclic) bond motifs is 1. The van der Waals surface area contributed by atoms with Crippen molar-refractivity contribution in [3.8, 4) is 0 Å². The second-order valence-electron chi connectivity index (χ2n) is 4.40. The monoisotopic (exact) mass is 288 g/mol. The number of aliphatic carboxylic acids is 1. The van der Waals surface area contributed by atoms with Crippen molar-refractivity contribution in [3.63, 3.8) is 0 Å². The lowest BCUT2D eigenvalue weighted by molar-refractivity contribution is -0.130. The van der Waals surface area contributed by atoms with Gasteiger partial charge in [0.25, 0.3) is 0 Å². The number of benzene rings is 1. The van der Waals surface area contributed by atoms with E-state index in [1.165, 1.54) is 0 Å². The van der Waals surface area contributed by atoms with Gasteiger partial charge in [0.1, 0.15) is 5.82 Å². The number of nitrogens with zero attached hydrogens (tertiary/aromatic N) is 2. The Morgan fingerprint density at radius 1 is 1.45 bits per heavy atom. The average Bonchev–Trinajstić information content (AvgIpc) is 2.42. The maximum Gasteiger partial charge on any atom is 0.335 e. The van der Waals surface area contributed by atoms with Gasteiger partial charge in [-0.1, -0.05) is 18.2 Å². The lowest BCUT2D eigenvalue weighted by Gasteiger charge is -2.10. The predicted octanol–water partition coefficient (Wildman–Crippen LogP) is 3.29. The molecule has 0 atom stereocenters. The Balaban J connectivity index is 2.65. The number of rotatable bonds is 4. The van der Waals surface area contributed by atoms with Gasteiger partial charge in [-0.15, -0.1) is 0 Å². The Hall–Kier alpha value is -1.88. The predicted molar refractivity (Wildman–Crippen MR) is 82.8 cm³/mol. The molecule has 2 rings (SSSR count). The van der Waals surface area contributed by atoms with Crippen molar-refractivity contribution in [2.24, 2.45) is 0 Å². The third kappa shape index (κ3) is 2.67. The molecule has 0 aliphatic rings. The van der Waals surface area contributed by atoms with E-state index < -0.39 is 5.97 Å². The van der Waals surface area contributed by atoms with Gasteiger partial charge < -0.3 is 5.11 Å².